The van der Waals surface area contributed by atoms with E-state index in [0.29, 0.717) is 19.8 Å². The van der Waals surface area contributed by atoms with Gasteiger partial charge in [0.2, 0.25) is 10.0 Å². The first-order chi connectivity index (χ1) is 9.55. The summed E-state index contributed by atoms with van der Waals surface area (Å²) >= 11 is 0. The molecule has 1 fully saturated rings. The summed E-state index contributed by atoms with van der Waals surface area (Å²) < 4.78 is 31.8. The van der Waals surface area contributed by atoms with Crippen molar-refractivity contribution in [2.45, 2.75) is 17.9 Å². The lowest BCUT2D eigenvalue weighted by Crippen LogP contribution is -2.46. The molecule has 0 saturated carbocycles. The fourth-order valence-electron chi connectivity index (χ4n) is 2.07. The molecule has 0 aromatic heterocycles. The van der Waals surface area contributed by atoms with Crippen molar-refractivity contribution in [3.05, 3.63) is 29.8 Å². The highest BCUT2D eigenvalue weighted by atomic mass is 32.2. The number of nitrogens with two attached hydrogens (primary N) is 1. The van der Waals surface area contributed by atoms with Gasteiger partial charge in [-0.25, -0.2) is 8.42 Å². The second-order valence-corrected chi connectivity index (χ2v) is 6.46. The van der Waals surface area contributed by atoms with Gasteiger partial charge in [0.25, 0.3) is 0 Å². The van der Waals surface area contributed by atoms with Crippen molar-refractivity contribution in [2.75, 3.05) is 26.3 Å². The third-order valence-corrected chi connectivity index (χ3v) is 5.13. The second kappa shape index (κ2) is 6.37. The van der Waals surface area contributed by atoms with Crippen molar-refractivity contribution in [2.24, 2.45) is 5.73 Å². The van der Waals surface area contributed by atoms with Gasteiger partial charge in [-0.15, -0.1) is 0 Å². The van der Waals surface area contributed by atoms with E-state index in [1.54, 1.807) is 24.3 Å². The molecule has 1 aliphatic heterocycles. The van der Waals surface area contributed by atoms with Crippen molar-refractivity contribution in [3.8, 4) is 11.8 Å². The zero-order valence-corrected chi connectivity index (χ0v) is 12.2. The summed E-state index contributed by atoms with van der Waals surface area (Å²) in [4.78, 5) is 0.282. The molecule has 20 heavy (non-hydrogen) atoms. The summed E-state index contributed by atoms with van der Waals surface area (Å²) in [5.41, 5.74) is 6.05. The van der Waals surface area contributed by atoms with Gasteiger partial charge in [0.05, 0.1) is 24.7 Å². The number of hydrogen-bond acceptors (Lipinski definition) is 4. The average Bonchev–Trinajstić information content (AvgIpc) is 2.46. The third-order valence-electron chi connectivity index (χ3n) is 3.10. The van der Waals surface area contributed by atoms with E-state index < -0.39 is 10.0 Å². The zero-order chi connectivity index (χ0) is 14.6. The fourth-order valence-corrected chi connectivity index (χ4v) is 3.67. The summed E-state index contributed by atoms with van der Waals surface area (Å²) in [5.74, 6) is 5.60. The molecular weight excluding hydrogens is 276 g/mol. The Morgan fingerprint density at radius 2 is 2.10 bits per heavy atom. The predicted octanol–water partition coefficient (Wildman–Crippen LogP) is 0.406. The van der Waals surface area contributed by atoms with Gasteiger partial charge in [-0.1, -0.05) is 11.8 Å². The molecule has 1 saturated heterocycles. The van der Waals surface area contributed by atoms with Gasteiger partial charge in [-0.05, 0) is 31.2 Å². The fraction of sp³-hybridized carbons (Fsp3) is 0.429. The lowest BCUT2D eigenvalue weighted by molar-refractivity contribution is 0.0393. The van der Waals surface area contributed by atoms with Crippen molar-refractivity contribution >= 4 is 10.0 Å². The number of nitrogens with zero attached hydrogens (tertiary/aromatic N) is 1. The van der Waals surface area contributed by atoms with Gasteiger partial charge in [-0.2, -0.15) is 4.31 Å². The number of morpholine rings is 1. The summed E-state index contributed by atoms with van der Waals surface area (Å²) in [7, 11) is -3.47. The first-order valence-corrected chi connectivity index (χ1v) is 7.88. The number of hydrogen-bond donors (Lipinski definition) is 1. The van der Waals surface area contributed by atoms with E-state index >= 15 is 0 Å². The molecule has 5 nitrogen and oxygen atoms in total. The average molecular weight is 294 g/mol. The van der Waals surface area contributed by atoms with Crippen LogP contribution < -0.4 is 5.73 Å². The van der Waals surface area contributed by atoms with Gasteiger partial charge >= 0.3 is 0 Å². The number of sulfonamides is 1. The summed E-state index contributed by atoms with van der Waals surface area (Å²) in [6, 6.07) is 6.41. The molecule has 1 atom stereocenters. The summed E-state index contributed by atoms with van der Waals surface area (Å²) in [6.07, 6.45) is 0. The maximum absolute atomic E-state index is 12.5. The smallest absolute Gasteiger partial charge is 0.243 e. The minimum absolute atomic E-state index is 0.148. The van der Waals surface area contributed by atoms with E-state index in [9.17, 15) is 8.42 Å². The standard InChI is InChI=1S/C14H18N2O3S/c1-12-11-19-10-9-16(12)20(17,18)14-6-4-13(5-7-14)3-2-8-15/h4-7,12H,8-11,15H2,1H3. The van der Waals surface area contributed by atoms with Crippen LogP contribution in [0.5, 0.6) is 0 Å². The monoisotopic (exact) mass is 294 g/mol. The lowest BCUT2D eigenvalue weighted by Gasteiger charge is -2.32. The Hall–Kier alpha value is -1.39. The Kier molecular flexibility index (Phi) is 4.78. The molecule has 6 heteroatoms. The van der Waals surface area contributed by atoms with Crippen molar-refractivity contribution in [1.29, 1.82) is 0 Å². The SMILES string of the molecule is CC1COCCN1S(=O)(=O)c1ccc(C#CCN)cc1. The van der Waals surface area contributed by atoms with Crippen LogP contribution in [0.2, 0.25) is 0 Å². The molecule has 2 rings (SSSR count). The molecule has 0 aliphatic carbocycles. The van der Waals surface area contributed by atoms with Gasteiger partial charge in [0, 0.05) is 18.2 Å². The van der Waals surface area contributed by atoms with Crippen LogP contribution in [0.25, 0.3) is 0 Å². The van der Waals surface area contributed by atoms with Crippen LogP contribution in [0.15, 0.2) is 29.2 Å². The van der Waals surface area contributed by atoms with Gasteiger partial charge in [0.15, 0.2) is 0 Å². The highest BCUT2D eigenvalue weighted by Crippen LogP contribution is 2.20. The quantitative estimate of drug-likeness (QED) is 0.802. The van der Waals surface area contributed by atoms with Gasteiger partial charge in [0.1, 0.15) is 0 Å². The van der Waals surface area contributed by atoms with Crippen LogP contribution in [0.3, 0.4) is 0 Å². The van der Waals surface area contributed by atoms with Crippen molar-refractivity contribution in [1.82, 2.24) is 4.31 Å². The minimum atomic E-state index is -3.47. The van der Waals surface area contributed by atoms with E-state index in [4.69, 9.17) is 10.5 Å². The molecule has 108 valence electrons. The molecule has 1 unspecified atom stereocenters. The molecule has 1 aromatic carbocycles. The molecule has 1 aromatic rings. The topological polar surface area (TPSA) is 72.6 Å². The molecule has 0 amide bonds. The van der Waals surface area contributed by atoms with Crippen LogP contribution in [0.4, 0.5) is 0 Å². The number of ether oxygens (including phenoxy) is 1. The Morgan fingerprint density at radius 3 is 2.70 bits per heavy atom. The lowest BCUT2D eigenvalue weighted by atomic mass is 10.2. The molecular formula is C14H18N2O3S. The van der Waals surface area contributed by atoms with Crippen LogP contribution in [0.1, 0.15) is 12.5 Å². The van der Waals surface area contributed by atoms with Crippen LogP contribution >= 0.6 is 0 Å². The van der Waals surface area contributed by atoms with E-state index in [2.05, 4.69) is 11.8 Å². The Bertz CT molecular complexity index is 614. The van der Waals surface area contributed by atoms with Gasteiger partial charge < -0.3 is 10.5 Å². The predicted molar refractivity (Wildman–Crippen MR) is 76.5 cm³/mol. The third kappa shape index (κ3) is 3.19. The first kappa shape index (κ1) is 15.0. The Labute approximate surface area is 119 Å². The molecule has 0 bridgehead atoms. The zero-order valence-electron chi connectivity index (χ0n) is 11.4. The molecule has 1 heterocycles. The van der Waals surface area contributed by atoms with Crippen LogP contribution in [0, 0.1) is 11.8 Å². The Balaban J connectivity index is 2.25. The molecule has 2 N–H and O–H groups in total. The second-order valence-electron chi connectivity index (χ2n) is 4.57. The van der Waals surface area contributed by atoms with Crippen LogP contribution in [-0.2, 0) is 14.8 Å². The highest BCUT2D eigenvalue weighted by molar-refractivity contribution is 7.89. The maximum Gasteiger partial charge on any atom is 0.243 e. The molecule has 0 radical (unpaired) electrons. The summed E-state index contributed by atoms with van der Waals surface area (Å²) in [5, 5.41) is 0. The Morgan fingerprint density at radius 1 is 1.40 bits per heavy atom. The highest BCUT2D eigenvalue weighted by Gasteiger charge is 2.31. The van der Waals surface area contributed by atoms with Gasteiger partial charge in [-0.3, -0.25) is 0 Å². The van der Waals surface area contributed by atoms with E-state index in [1.807, 2.05) is 6.92 Å². The number of rotatable bonds is 2. The maximum atomic E-state index is 12.5. The molecule has 1 aliphatic rings. The van der Waals surface area contributed by atoms with Crippen molar-refractivity contribution in [3.63, 3.8) is 0 Å². The molecule has 0 spiro atoms. The van der Waals surface area contributed by atoms with E-state index in [1.165, 1.54) is 4.31 Å². The van der Waals surface area contributed by atoms with E-state index in [0.717, 1.165) is 5.56 Å². The van der Waals surface area contributed by atoms with Crippen LogP contribution in [-0.4, -0.2) is 45.1 Å². The van der Waals surface area contributed by atoms with Crippen molar-refractivity contribution < 1.29 is 13.2 Å². The largest absolute Gasteiger partial charge is 0.378 e. The normalized spacial score (nSPS) is 20.2. The van der Waals surface area contributed by atoms with E-state index in [-0.39, 0.29) is 17.5 Å². The minimum Gasteiger partial charge on any atom is -0.378 e. The number of benzene rings is 1. The summed E-state index contributed by atoms with van der Waals surface area (Å²) in [6.45, 7) is 3.38. The first-order valence-electron chi connectivity index (χ1n) is 6.44.